The molecular formula is C11H22N2O2. The summed E-state index contributed by atoms with van der Waals surface area (Å²) in [5.74, 6) is -0.0440. The van der Waals surface area contributed by atoms with Gasteiger partial charge in [0.2, 0.25) is 11.8 Å². The van der Waals surface area contributed by atoms with Crippen molar-refractivity contribution in [2.45, 2.75) is 27.2 Å². The highest BCUT2D eigenvalue weighted by Gasteiger charge is 2.20. The molecule has 4 heteroatoms. The molecule has 4 nitrogen and oxygen atoms in total. The van der Waals surface area contributed by atoms with E-state index in [1.165, 1.54) is 9.80 Å². The first kappa shape index (κ1) is 13.9. The van der Waals surface area contributed by atoms with Crippen molar-refractivity contribution in [2.75, 3.05) is 27.7 Å². The minimum absolute atomic E-state index is 0.0118. The van der Waals surface area contributed by atoms with Gasteiger partial charge in [0.1, 0.15) is 0 Å². The lowest BCUT2D eigenvalue weighted by Gasteiger charge is -2.23. The van der Waals surface area contributed by atoms with Crippen LogP contribution in [0.3, 0.4) is 0 Å². The van der Waals surface area contributed by atoms with E-state index in [-0.39, 0.29) is 23.8 Å². The van der Waals surface area contributed by atoms with Gasteiger partial charge in [0.25, 0.3) is 0 Å². The van der Waals surface area contributed by atoms with Gasteiger partial charge in [-0.05, 0) is 5.41 Å². The molecule has 0 unspecified atom stereocenters. The lowest BCUT2D eigenvalue weighted by atomic mass is 9.92. The molecule has 0 aromatic heterocycles. The van der Waals surface area contributed by atoms with Gasteiger partial charge in [-0.25, -0.2) is 0 Å². The van der Waals surface area contributed by atoms with Crippen LogP contribution in [0.1, 0.15) is 27.2 Å². The van der Waals surface area contributed by atoms with Crippen molar-refractivity contribution < 1.29 is 9.59 Å². The Hall–Kier alpha value is -1.06. The van der Waals surface area contributed by atoms with Crippen LogP contribution in [0, 0.1) is 5.41 Å². The zero-order valence-corrected chi connectivity index (χ0v) is 10.6. The predicted molar refractivity (Wildman–Crippen MR) is 60.4 cm³/mol. The highest BCUT2D eigenvalue weighted by atomic mass is 16.2. The molecule has 0 aliphatic rings. The zero-order valence-electron chi connectivity index (χ0n) is 10.6. The summed E-state index contributed by atoms with van der Waals surface area (Å²) in [4.78, 5) is 26.0. The van der Waals surface area contributed by atoms with Gasteiger partial charge in [-0.1, -0.05) is 20.8 Å². The minimum atomic E-state index is -0.0558. The van der Waals surface area contributed by atoms with Crippen molar-refractivity contribution >= 4 is 11.8 Å². The average Bonchev–Trinajstić information content (AvgIpc) is 2.00. The van der Waals surface area contributed by atoms with Crippen molar-refractivity contribution in [3.05, 3.63) is 0 Å². The first-order chi connectivity index (χ1) is 6.63. The SMILES string of the molecule is CN(C)C(=O)CN(C)C(=O)CC(C)(C)C. The maximum absolute atomic E-state index is 11.7. The molecule has 0 N–H and O–H groups in total. The molecule has 0 aliphatic heterocycles. The average molecular weight is 214 g/mol. The normalized spacial score (nSPS) is 11.1. The monoisotopic (exact) mass is 214 g/mol. The standard InChI is InChI=1S/C11H22N2O2/c1-11(2,3)7-9(14)13(6)8-10(15)12(4)5/h7-8H2,1-6H3. The summed E-state index contributed by atoms with van der Waals surface area (Å²) in [7, 11) is 5.03. The summed E-state index contributed by atoms with van der Waals surface area (Å²) in [5.41, 5.74) is -0.0352. The van der Waals surface area contributed by atoms with Crippen LogP contribution in [0.15, 0.2) is 0 Å². The van der Waals surface area contributed by atoms with E-state index in [4.69, 9.17) is 0 Å². The third-order valence-electron chi connectivity index (χ3n) is 1.98. The lowest BCUT2D eigenvalue weighted by Crippen LogP contribution is -2.38. The highest BCUT2D eigenvalue weighted by Crippen LogP contribution is 2.19. The van der Waals surface area contributed by atoms with E-state index in [9.17, 15) is 9.59 Å². The molecule has 0 bridgehead atoms. The van der Waals surface area contributed by atoms with Gasteiger partial charge in [0, 0.05) is 27.6 Å². The Morgan fingerprint density at radius 3 is 1.80 bits per heavy atom. The summed E-state index contributed by atoms with van der Waals surface area (Å²) in [5, 5.41) is 0. The maximum atomic E-state index is 11.7. The predicted octanol–water partition coefficient (Wildman–Crippen LogP) is 0.969. The Morgan fingerprint density at radius 2 is 1.47 bits per heavy atom. The van der Waals surface area contributed by atoms with E-state index >= 15 is 0 Å². The Balaban J connectivity index is 4.17. The molecule has 88 valence electrons. The zero-order chi connectivity index (χ0) is 12.2. The second-order valence-electron chi connectivity index (χ2n) is 5.28. The minimum Gasteiger partial charge on any atom is -0.347 e. The van der Waals surface area contributed by atoms with Crippen LogP contribution in [0.25, 0.3) is 0 Å². The van der Waals surface area contributed by atoms with Gasteiger partial charge < -0.3 is 9.80 Å². The maximum Gasteiger partial charge on any atom is 0.241 e. The van der Waals surface area contributed by atoms with Gasteiger partial charge in [-0.2, -0.15) is 0 Å². The summed E-state index contributed by atoms with van der Waals surface area (Å²) in [6.45, 7) is 6.17. The third kappa shape index (κ3) is 6.10. The molecule has 0 aliphatic carbocycles. The first-order valence-electron chi connectivity index (χ1n) is 5.07. The second-order valence-corrected chi connectivity index (χ2v) is 5.28. The Labute approximate surface area is 92.2 Å². The van der Waals surface area contributed by atoms with Crippen molar-refractivity contribution in [3.63, 3.8) is 0 Å². The molecule has 0 rings (SSSR count). The fourth-order valence-corrected chi connectivity index (χ4v) is 1.02. The van der Waals surface area contributed by atoms with Gasteiger partial charge in [-0.3, -0.25) is 9.59 Å². The van der Waals surface area contributed by atoms with E-state index in [1.807, 2.05) is 20.8 Å². The Bertz CT molecular complexity index is 241. The van der Waals surface area contributed by atoms with Crippen molar-refractivity contribution in [2.24, 2.45) is 5.41 Å². The van der Waals surface area contributed by atoms with Crippen molar-refractivity contribution in [3.8, 4) is 0 Å². The Morgan fingerprint density at radius 1 is 1.00 bits per heavy atom. The molecule has 0 fully saturated rings. The molecule has 15 heavy (non-hydrogen) atoms. The summed E-state index contributed by atoms with van der Waals surface area (Å²) in [6, 6.07) is 0. The number of hydrogen-bond acceptors (Lipinski definition) is 2. The second kappa shape index (κ2) is 5.14. The molecular weight excluding hydrogens is 192 g/mol. The van der Waals surface area contributed by atoms with E-state index in [2.05, 4.69) is 0 Å². The molecule has 0 saturated carbocycles. The molecule has 0 aromatic rings. The number of hydrogen-bond donors (Lipinski definition) is 0. The van der Waals surface area contributed by atoms with E-state index in [0.29, 0.717) is 6.42 Å². The smallest absolute Gasteiger partial charge is 0.241 e. The lowest BCUT2D eigenvalue weighted by molar-refractivity contribution is -0.139. The van der Waals surface area contributed by atoms with Gasteiger partial charge in [0.15, 0.2) is 0 Å². The summed E-state index contributed by atoms with van der Waals surface area (Å²) < 4.78 is 0. The number of nitrogens with zero attached hydrogens (tertiary/aromatic N) is 2. The van der Waals surface area contributed by atoms with Crippen molar-refractivity contribution in [1.29, 1.82) is 0 Å². The highest BCUT2D eigenvalue weighted by molar-refractivity contribution is 5.84. The van der Waals surface area contributed by atoms with Crippen LogP contribution < -0.4 is 0 Å². The number of likely N-dealkylation sites (N-methyl/N-ethyl adjacent to an activating group) is 2. The van der Waals surface area contributed by atoms with Gasteiger partial charge in [-0.15, -0.1) is 0 Å². The summed E-state index contributed by atoms with van der Waals surface area (Å²) >= 11 is 0. The topological polar surface area (TPSA) is 40.6 Å². The van der Waals surface area contributed by atoms with E-state index in [1.54, 1.807) is 21.1 Å². The van der Waals surface area contributed by atoms with Crippen LogP contribution >= 0.6 is 0 Å². The molecule has 0 spiro atoms. The van der Waals surface area contributed by atoms with Crippen LogP contribution in [0.5, 0.6) is 0 Å². The van der Waals surface area contributed by atoms with E-state index in [0.717, 1.165) is 0 Å². The van der Waals surface area contributed by atoms with Crippen LogP contribution in [0.2, 0.25) is 0 Å². The largest absolute Gasteiger partial charge is 0.347 e. The molecule has 0 heterocycles. The first-order valence-corrected chi connectivity index (χ1v) is 5.07. The molecule has 0 aromatic carbocycles. The van der Waals surface area contributed by atoms with Crippen LogP contribution in [-0.4, -0.2) is 49.3 Å². The molecule has 2 amide bonds. The fourth-order valence-electron chi connectivity index (χ4n) is 1.02. The summed E-state index contributed by atoms with van der Waals surface area (Å²) in [6.07, 6.45) is 0.463. The van der Waals surface area contributed by atoms with Gasteiger partial charge >= 0.3 is 0 Å². The number of amides is 2. The molecule has 0 radical (unpaired) electrons. The molecule has 0 atom stereocenters. The number of rotatable bonds is 3. The van der Waals surface area contributed by atoms with Crippen molar-refractivity contribution in [1.82, 2.24) is 9.80 Å². The quantitative estimate of drug-likeness (QED) is 0.702. The third-order valence-corrected chi connectivity index (χ3v) is 1.98. The van der Waals surface area contributed by atoms with Gasteiger partial charge in [0.05, 0.1) is 6.54 Å². The number of carbonyl (C=O) groups is 2. The Kier molecular flexibility index (Phi) is 4.78. The number of carbonyl (C=O) groups excluding carboxylic acids is 2. The van der Waals surface area contributed by atoms with E-state index < -0.39 is 0 Å². The fraction of sp³-hybridized carbons (Fsp3) is 0.818. The van der Waals surface area contributed by atoms with Crippen LogP contribution in [0.4, 0.5) is 0 Å². The van der Waals surface area contributed by atoms with Crippen LogP contribution in [-0.2, 0) is 9.59 Å². The molecule has 0 saturated heterocycles.